The highest BCUT2D eigenvalue weighted by Crippen LogP contribution is 2.45. The van der Waals surface area contributed by atoms with Crippen LogP contribution in [0, 0.1) is 23.1 Å². The molecule has 4 heterocycles. The van der Waals surface area contributed by atoms with Crippen molar-refractivity contribution in [2.75, 3.05) is 39.8 Å². The SMILES string of the molecule is C=CC(=O)N1CCN(C2NC(OCC3CCCN3C)NC3C[C@]4(CCc5ccc(F)cc5O4)CCC32)CC1CC#N. The Bertz CT molecular complexity index is 1180. The van der Waals surface area contributed by atoms with E-state index in [0.717, 1.165) is 57.2 Å². The predicted molar refractivity (Wildman–Crippen MR) is 152 cm³/mol. The lowest BCUT2D eigenvalue weighted by Crippen LogP contribution is -2.73. The molecule has 6 unspecified atom stereocenters. The fourth-order valence-electron chi connectivity index (χ4n) is 7.85. The smallest absolute Gasteiger partial charge is 0.246 e. The summed E-state index contributed by atoms with van der Waals surface area (Å²) in [6.45, 7) is 7.32. The Kier molecular flexibility index (Phi) is 8.35. The highest BCUT2D eigenvalue weighted by Gasteiger charge is 2.51. The maximum Gasteiger partial charge on any atom is 0.246 e. The first-order chi connectivity index (χ1) is 19.9. The second-order valence-corrected chi connectivity index (χ2v) is 12.6. The minimum Gasteiger partial charge on any atom is -0.487 e. The number of carbonyl (C=O) groups is 1. The fraction of sp³-hybridized carbons (Fsp3) is 0.677. The van der Waals surface area contributed by atoms with Gasteiger partial charge in [0, 0.05) is 50.1 Å². The van der Waals surface area contributed by atoms with Crippen LogP contribution in [-0.4, -0.2) is 96.7 Å². The highest BCUT2D eigenvalue weighted by molar-refractivity contribution is 5.87. The highest BCUT2D eigenvalue weighted by atomic mass is 19.1. The number of fused-ring (bicyclic) bond motifs is 2. The molecule has 3 saturated heterocycles. The van der Waals surface area contributed by atoms with Crippen LogP contribution in [0.2, 0.25) is 0 Å². The molecule has 1 amide bonds. The molecule has 222 valence electrons. The first-order valence-electron chi connectivity index (χ1n) is 15.2. The number of likely N-dealkylation sites (N-methyl/N-ethyl adjacent to an activating group) is 1. The van der Waals surface area contributed by atoms with Gasteiger partial charge in [-0.2, -0.15) is 5.26 Å². The number of halogens is 1. The maximum atomic E-state index is 14.1. The van der Waals surface area contributed by atoms with Gasteiger partial charge >= 0.3 is 0 Å². The molecule has 4 fully saturated rings. The number of aryl methyl sites for hydroxylation is 1. The van der Waals surface area contributed by atoms with Crippen molar-refractivity contribution in [3.05, 3.63) is 42.2 Å². The first-order valence-corrected chi connectivity index (χ1v) is 15.2. The zero-order valence-electron chi connectivity index (χ0n) is 24.1. The molecule has 1 aromatic rings. The summed E-state index contributed by atoms with van der Waals surface area (Å²) < 4.78 is 27.2. The summed E-state index contributed by atoms with van der Waals surface area (Å²) in [6, 6.07) is 7.56. The monoisotopic (exact) mass is 566 g/mol. The lowest BCUT2D eigenvalue weighted by Gasteiger charge is -2.55. The number of amides is 1. The van der Waals surface area contributed by atoms with Crippen molar-refractivity contribution in [2.45, 2.75) is 87.6 Å². The lowest BCUT2D eigenvalue weighted by molar-refractivity contribution is -0.139. The first kappa shape index (κ1) is 28.6. The van der Waals surface area contributed by atoms with E-state index >= 15 is 0 Å². The van der Waals surface area contributed by atoms with E-state index in [1.165, 1.54) is 24.6 Å². The number of piperazine rings is 1. The molecule has 0 radical (unpaired) electrons. The number of hydrogen-bond donors (Lipinski definition) is 2. The van der Waals surface area contributed by atoms with Gasteiger partial charge in [0.2, 0.25) is 5.91 Å². The Morgan fingerprint density at radius 1 is 1.27 bits per heavy atom. The molecule has 0 bridgehead atoms. The molecule has 0 aromatic heterocycles. The normalized spacial score (nSPS) is 35.8. The molecule has 10 heteroatoms. The number of likely N-dealkylation sites (tertiary alicyclic amines) is 1. The van der Waals surface area contributed by atoms with Gasteiger partial charge in [0.1, 0.15) is 17.2 Å². The number of nitrogens with one attached hydrogen (secondary N) is 2. The zero-order valence-corrected chi connectivity index (χ0v) is 24.1. The Morgan fingerprint density at radius 2 is 2.15 bits per heavy atom. The van der Waals surface area contributed by atoms with Gasteiger partial charge < -0.3 is 19.3 Å². The van der Waals surface area contributed by atoms with Crippen molar-refractivity contribution >= 4 is 5.91 Å². The summed E-state index contributed by atoms with van der Waals surface area (Å²) in [4.78, 5) is 19.1. The Labute approximate surface area is 242 Å². The number of carbonyl (C=O) groups excluding carboxylic acids is 1. The van der Waals surface area contributed by atoms with Crippen molar-refractivity contribution in [3.63, 3.8) is 0 Å². The molecule has 2 N–H and O–H groups in total. The summed E-state index contributed by atoms with van der Waals surface area (Å²) in [6.07, 6.45) is 8.17. The third kappa shape index (κ3) is 5.88. The molecule has 5 aliphatic rings. The second kappa shape index (κ2) is 12.0. The van der Waals surface area contributed by atoms with Crippen molar-refractivity contribution in [1.82, 2.24) is 25.3 Å². The van der Waals surface area contributed by atoms with Crippen LogP contribution in [-0.2, 0) is 16.0 Å². The number of ether oxygens (including phenoxy) is 2. The van der Waals surface area contributed by atoms with Gasteiger partial charge in [0.05, 0.1) is 31.3 Å². The Hall–Kier alpha value is -2.55. The second-order valence-electron chi connectivity index (χ2n) is 12.6. The molecular formula is C31H43FN6O3. The molecule has 6 rings (SSSR count). The Morgan fingerprint density at radius 3 is 2.93 bits per heavy atom. The number of hydrogen-bond acceptors (Lipinski definition) is 8. The van der Waals surface area contributed by atoms with E-state index in [1.54, 1.807) is 4.90 Å². The largest absolute Gasteiger partial charge is 0.487 e. The molecular weight excluding hydrogens is 523 g/mol. The average Bonchev–Trinajstić information content (AvgIpc) is 3.39. The van der Waals surface area contributed by atoms with E-state index in [4.69, 9.17) is 9.47 Å². The number of nitrogens with zero attached hydrogens (tertiary/aromatic N) is 4. The number of nitriles is 1. The van der Waals surface area contributed by atoms with E-state index in [0.29, 0.717) is 37.4 Å². The van der Waals surface area contributed by atoms with Crippen molar-refractivity contribution in [2.24, 2.45) is 5.92 Å². The van der Waals surface area contributed by atoms with Crippen LogP contribution in [0.5, 0.6) is 5.75 Å². The summed E-state index contributed by atoms with van der Waals surface area (Å²) in [5, 5.41) is 17.1. The molecule has 4 aliphatic heterocycles. The number of benzene rings is 1. The summed E-state index contributed by atoms with van der Waals surface area (Å²) in [5.41, 5.74) is 0.749. The van der Waals surface area contributed by atoms with E-state index in [2.05, 4.69) is 40.1 Å². The minimum absolute atomic E-state index is 0.0420. The van der Waals surface area contributed by atoms with Crippen LogP contribution in [0.25, 0.3) is 0 Å². The van der Waals surface area contributed by atoms with E-state index in [-0.39, 0.29) is 48.3 Å². The zero-order chi connectivity index (χ0) is 28.6. The standard InChI is InChI=1S/C31H43FN6O3/c1-3-28(39)38-16-15-37(19-23(38)10-13-33)29-25-9-12-31(11-8-21-6-7-22(32)17-27(21)41-31)18-26(25)34-30(35-29)40-20-24-5-4-14-36(24)2/h3,6-7,17,23-26,29-30,34-35H,1,4-5,8-12,14-16,18-20H2,2H3/t23?,24?,25?,26?,29?,30?,31-/m0/s1. The van der Waals surface area contributed by atoms with Gasteiger partial charge in [0.25, 0.3) is 0 Å². The summed E-state index contributed by atoms with van der Waals surface area (Å²) in [5.74, 6) is 0.603. The topological polar surface area (TPSA) is 93.1 Å². The molecule has 1 spiro atoms. The quantitative estimate of drug-likeness (QED) is 0.508. The van der Waals surface area contributed by atoms with E-state index < -0.39 is 0 Å². The van der Waals surface area contributed by atoms with Gasteiger partial charge in [-0.05, 0) is 69.8 Å². The lowest BCUT2D eigenvalue weighted by atomic mass is 9.70. The minimum atomic E-state index is -0.328. The van der Waals surface area contributed by atoms with Crippen LogP contribution < -0.4 is 15.4 Å². The van der Waals surface area contributed by atoms with Crippen LogP contribution >= 0.6 is 0 Å². The fourth-order valence-corrected chi connectivity index (χ4v) is 7.85. The van der Waals surface area contributed by atoms with Crippen LogP contribution in [0.15, 0.2) is 30.9 Å². The van der Waals surface area contributed by atoms with E-state index in [1.807, 2.05) is 6.07 Å². The summed E-state index contributed by atoms with van der Waals surface area (Å²) >= 11 is 0. The molecule has 1 aromatic carbocycles. The van der Waals surface area contributed by atoms with Gasteiger partial charge in [-0.1, -0.05) is 12.6 Å². The van der Waals surface area contributed by atoms with Crippen LogP contribution in [0.1, 0.15) is 50.5 Å². The maximum absolute atomic E-state index is 14.1. The Balaban J connectivity index is 1.21. The van der Waals surface area contributed by atoms with Gasteiger partial charge in [-0.25, -0.2) is 4.39 Å². The van der Waals surface area contributed by atoms with Crippen LogP contribution in [0.4, 0.5) is 4.39 Å². The van der Waals surface area contributed by atoms with Crippen molar-refractivity contribution < 1.29 is 18.7 Å². The van der Waals surface area contributed by atoms with Crippen molar-refractivity contribution in [1.29, 1.82) is 5.26 Å². The van der Waals surface area contributed by atoms with Crippen molar-refractivity contribution in [3.8, 4) is 11.8 Å². The van der Waals surface area contributed by atoms with Gasteiger partial charge in [-0.15, -0.1) is 0 Å². The molecule has 1 aliphatic carbocycles. The molecule has 9 nitrogen and oxygen atoms in total. The van der Waals surface area contributed by atoms with E-state index in [9.17, 15) is 14.4 Å². The summed E-state index contributed by atoms with van der Waals surface area (Å²) in [7, 11) is 2.16. The predicted octanol–water partition coefficient (Wildman–Crippen LogP) is 2.58. The third-order valence-electron chi connectivity index (χ3n) is 10.2. The van der Waals surface area contributed by atoms with Gasteiger partial charge in [-0.3, -0.25) is 20.3 Å². The number of rotatable bonds is 6. The molecule has 7 atom stereocenters. The molecule has 1 saturated carbocycles. The average molecular weight is 567 g/mol. The molecule has 41 heavy (non-hydrogen) atoms. The van der Waals surface area contributed by atoms with Gasteiger partial charge in [0.15, 0.2) is 6.35 Å². The van der Waals surface area contributed by atoms with Crippen LogP contribution in [0.3, 0.4) is 0 Å². The third-order valence-corrected chi connectivity index (χ3v) is 10.2.